The fourth-order valence-electron chi connectivity index (χ4n) is 1.91. The van der Waals surface area contributed by atoms with Gasteiger partial charge in [-0.25, -0.2) is 14.8 Å². The van der Waals surface area contributed by atoms with E-state index in [0.29, 0.717) is 12.2 Å². The summed E-state index contributed by atoms with van der Waals surface area (Å²) in [4.78, 5) is 33.2. The number of carboxylic acids is 1. The van der Waals surface area contributed by atoms with Gasteiger partial charge in [0.2, 0.25) is 5.91 Å². The van der Waals surface area contributed by atoms with Gasteiger partial charge in [-0.05, 0) is 19.4 Å². The van der Waals surface area contributed by atoms with E-state index in [0.717, 1.165) is 15.2 Å². The molecule has 0 fully saturated rings. The van der Waals surface area contributed by atoms with Crippen LogP contribution >= 0.6 is 23.1 Å². The number of carbonyl (C=O) groups is 2. The van der Waals surface area contributed by atoms with Gasteiger partial charge in [0.15, 0.2) is 0 Å². The van der Waals surface area contributed by atoms with Crippen molar-refractivity contribution in [2.24, 2.45) is 0 Å². The topological polar surface area (TPSA) is 92.2 Å². The average Bonchev–Trinajstić information content (AvgIpc) is 2.85. The molecule has 0 aliphatic heterocycles. The minimum Gasteiger partial charge on any atom is -0.480 e. The van der Waals surface area contributed by atoms with E-state index in [1.54, 1.807) is 18.3 Å². The summed E-state index contributed by atoms with van der Waals surface area (Å²) in [6.07, 6.45) is 2.15. The van der Waals surface area contributed by atoms with E-state index in [-0.39, 0.29) is 12.3 Å². The zero-order valence-corrected chi connectivity index (χ0v) is 14.0. The molecule has 0 bridgehead atoms. The van der Waals surface area contributed by atoms with Crippen molar-refractivity contribution in [3.63, 3.8) is 0 Å². The van der Waals surface area contributed by atoms with Gasteiger partial charge in [-0.3, -0.25) is 4.79 Å². The van der Waals surface area contributed by atoms with Gasteiger partial charge in [0.05, 0.1) is 0 Å². The molecule has 0 aromatic carbocycles. The van der Waals surface area contributed by atoms with Crippen LogP contribution < -0.4 is 5.32 Å². The number of nitrogens with zero attached hydrogens (tertiary/aromatic N) is 2. The highest BCUT2D eigenvalue weighted by molar-refractivity contribution is 7.99. The maximum atomic E-state index is 11.8. The first-order chi connectivity index (χ1) is 10.5. The molecule has 0 saturated heterocycles. The van der Waals surface area contributed by atoms with Crippen molar-refractivity contribution in [2.45, 2.75) is 37.8 Å². The first-order valence-corrected chi connectivity index (χ1v) is 8.67. The Morgan fingerprint density at radius 2 is 2.23 bits per heavy atom. The number of aromatic nitrogens is 2. The molecule has 0 saturated carbocycles. The maximum Gasteiger partial charge on any atom is 0.326 e. The molecule has 8 heteroatoms. The zero-order valence-electron chi connectivity index (χ0n) is 12.3. The second kappa shape index (κ2) is 7.55. The molecule has 6 nitrogen and oxygen atoms in total. The molecule has 1 amide bonds. The normalized spacial score (nSPS) is 12.3. The molecule has 1 unspecified atom stereocenters. The number of fused-ring (bicyclic) bond motifs is 1. The third-order valence-electron chi connectivity index (χ3n) is 3.03. The SMILES string of the molecule is CCC(NC(=O)CCSc1ncnc2sc(C)cc12)C(=O)O. The predicted molar refractivity (Wildman–Crippen MR) is 87.4 cm³/mol. The van der Waals surface area contributed by atoms with E-state index in [9.17, 15) is 9.59 Å². The Balaban J connectivity index is 1.90. The van der Waals surface area contributed by atoms with Crippen molar-refractivity contribution < 1.29 is 14.7 Å². The van der Waals surface area contributed by atoms with Crippen molar-refractivity contribution in [1.82, 2.24) is 15.3 Å². The summed E-state index contributed by atoms with van der Waals surface area (Å²) in [5.74, 6) is -0.716. The van der Waals surface area contributed by atoms with Gasteiger partial charge < -0.3 is 10.4 Å². The van der Waals surface area contributed by atoms with Crippen LogP contribution in [0.4, 0.5) is 0 Å². The van der Waals surface area contributed by atoms with Gasteiger partial charge in [0.25, 0.3) is 0 Å². The molecule has 22 heavy (non-hydrogen) atoms. The van der Waals surface area contributed by atoms with E-state index in [2.05, 4.69) is 15.3 Å². The summed E-state index contributed by atoms with van der Waals surface area (Å²) in [5, 5.41) is 13.3. The minimum atomic E-state index is -1.00. The molecular formula is C14H17N3O3S2. The first-order valence-electron chi connectivity index (χ1n) is 6.87. The Kier molecular flexibility index (Phi) is 5.73. The number of amides is 1. The molecule has 2 aromatic rings. The average molecular weight is 339 g/mol. The highest BCUT2D eigenvalue weighted by Crippen LogP contribution is 2.30. The number of aryl methyl sites for hydroxylation is 1. The van der Waals surface area contributed by atoms with Gasteiger partial charge in [0.1, 0.15) is 22.2 Å². The van der Waals surface area contributed by atoms with Gasteiger partial charge in [-0.2, -0.15) is 0 Å². The second-order valence-corrected chi connectivity index (χ2v) is 7.04. The third-order valence-corrected chi connectivity index (χ3v) is 4.99. The number of thioether (sulfide) groups is 1. The molecule has 2 N–H and O–H groups in total. The van der Waals surface area contributed by atoms with E-state index in [1.165, 1.54) is 23.0 Å². The lowest BCUT2D eigenvalue weighted by Gasteiger charge is -2.11. The fourth-order valence-corrected chi connectivity index (χ4v) is 3.74. The van der Waals surface area contributed by atoms with Crippen molar-refractivity contribution in [3.05, 3.63) is 17.3 Å². The first kappa shape index (κ1) is 16.7. The summed E-state index contributed by atoms with van der Waals surface area (Å²) in [7, 11) is 0. The molecular weight excluding hydrogens is 322 g/mol. The lowest BCUT2D eigenvalue weighted by atomic mass is 10.2. The van der Waals surface area contributed by atoms with Crippen LogP contribution in [-0.2, 0) is 9.59 Å². The van der Waals surface area contributed by atoms with Crippen LogP contribution in [0.1, 0.15) is 24.6 Å². The molecule has 0 radical (unpaired) electrons. The molecule has 0 aliphatic carbocycles. The number of thiophene rings is 1. The van der Waals surface area contributed by atoms with Crippen LogP contribution in [0.25, 0.3) is 10.2 Å². The number of aliphatic carboxylic acids is 1. The summed E-state index contributed by atoms with van der Waals surface area (Å²) in [5.41, 5.74) is 0. The van der Waals surface area contributed by atoms with Gasteiger partial charge in [0, 0.05) is 22.4 Å². The van der Waals surface area contributed by atoms with Crippen LogP contribution in [0.3, 0.4) is 0 Å². The number of nitrogens with one attached hydrogen (secondary N) is 1. The van der Waals surface area contributed by atoms with Gasteiger partial charge in [-0.15, -0.1) is 23.1 Å². The lowest BCUT2D eigenvalue weighted by Crippen LogP contribution is -2.40. The Bertz CT molecular complexity index is 687. The monoisotopic (exact) mass is 339 g/mol. The highest BCUT2D eigenvalue weighted by Gasteiger charge is 2.17. The molecule has 2 heterocycles. The lowest BCUT2D eigenvalue weighted by molar-refractivity contribution is -0.141. The number of hydrogen-bond acceptors (Lipinski definition) is 6. The molecule has 118 valence electrons. The quantitative estimate of drug-likeness (QED) is 0.595. The number of hydrogen-bond donors (Lipinski definition) is 2. The van der Waals surface area contributed by atoms with Crippen molar-refractivity contribution in [1.29, 1.82) is 0 Å². The Labute approximate surface area is 136 Å². The van der Waals surface area contributed by atoms with Crippen LogP contribution in [0.2, 0.25) is 0 Å². The Morgan fingerprint density at radius 3 is 2.91 bits per heavy atom. The molecule has 0 aliphatic rings. The van der Waals surface area contributed by atoms with Crippen LogP contribution in [-0.4, -0.2) is 38.7 Å². The van der Waals surface area contributed by atoms with E-state index < -0.39 is 12.0 Å². The second-order valence-electron chi connectivity index (χ2n) is 4.72. The van der Waals surface area contributed by atoms with Crippen molar-refractivity contribution >= 4 is 45.2 Å². The van der Waals surface area contributed by atoms with E-state index in [1.807, 2.05) is 13.0 Å². The Morgan fingerprint density at radius 1 is 1.45 bits per heavy atom. The highest BCUT2D eigenvalue weighted by atomic mass is 32.2. The van der Waals surface area contributed by atoms with Crippen molar-refractivity contribution in [2.75, 3.05) is 5.75 Å². The zero-order chi connectivity index (χ0) is 16.1. The van der Waals surface area contributed by atoms with Crippen LogP contribution in [0.15, 0.2) is 17.4 Å². The van der Waals surface area contributed by atoms with Crippen LogP contribution in [0.5, 0.6) is 0 Å². The van der Waals surface area contributed by atoms with Crippen molar-refractivity contribution in [3.8, 4) is 0 Å². The fraction of sp³-hybridized carbons (Fsp3) is 0.429. The summed E-state index contributed by atoms with van der Waals surface area (Å²) >= 11 is 3.09. The summed E-state index contributed by atoms with van der Waals surface area (Å²) in [6, 6.07) is 1.22. The van der Waals surface area contributed by atoms with Gasteiger partial charge in [-0.1, -0.05) is 6.92 Å². The molecule has 0 spiro atoms. The number of carbonyl (C=O) groups excluding carboxylic acids is 1. The van der Waals surface area contributed by atoms with E-state index >= 15 is 0 Å². The number of rotatable bonds is 7. The van der Waals surface area contributed by atoms with E-state index in [4.69, 9.17) is 5.11 Å². The smallest absolute Gasteiger partial charge is 0.326 e. The largest absolute Gasteiger partial charge is 0.480 e. The third kappa shape index (κ3) is 4.17. The number of carboxylic acid groups (broad SMARTS) is 1. The Hall–Kier alpha value is -1.67. The predicted octanol–water partition coefficient (Wildman–Crippen LogP) is 2.46. The molecule has 2 rings (SSSR count). The minimum absolute atomic E-state index is 0.253. The summed E-state index contributed by atoms with van der Waals surface area (Å²) < 4.78 is 0. The van der Waals surface area contributed by atoms with Crippen LogP contribution in [0, 0.1) is 6.92 Å². The standard InChI is InChI=1S/C14H17N3O3S2/c1-3-10(14(19)20)17-11(18)4-5-21-12-9-6-8(2)22-13(9)16-7-15-12/h6-7,10H,3-5H2,1-2H3,(H,17,18)(H,19,20). The summed E-state index contributed by atoms with van der Waals surface area (Å²) in [6.45, 7) is 3.75. The van der Waals surface area contributed by atoms with Gasteiger partial charge >= 0.3 is 5.97 Å². The molecule has 1 atom stereocenters. The molecule has 2 aromatic heterocycles. The maximum absolute atomic E-state index is 11.8.